The molecule has 2 heterocycles. The van der Waals surface area contributed by atoms with E-state index in [1.54, 1.807) is 6.20 Å². The quantitative estimate of drug-likeness (QED) is 0.196. The summed E-state index contributed by atoms with van der Waals surface area (Å²) in [5.74, 6) is 0.582. The van der Waals surface area contributed by atoms with E-state index in [2.05, 4.69) is 41.7 Å². The maximum Gasteiger partial charge on any atom is 0.495 e. The van der Waals surface area contributed by atoms with Crippen molar-refractivity contribution in [2.24, 2.45) is 0 Å². The first kappa shape index (κ1) is 24.9. The van der Waals surface area contributed by atoms with Gasteiger partial charge in [-0.05, 0) is 55.9 Å². The van der Waals surface area contributed by atoms with Gasteiger partial charge in [-0.3, -0.25) is 0 Å². The van der Waals surface area contributed by atoms with Gasteiger partial charge in [-0.15, -0.1) is 0 Å². The van der Waals surface area contributed by atoms with E-state index >= 15 is 0 Å². The standard InChI is InChI=1S/C31H32BN3O2/c1-29(2)30(3,4)37-32(36-29)27-20-21-34-28(26(27)22-33)35-31(23-14-8-5-9-15-23,24-16-10-6-11-17-24)25-18-12-7-13-19-25/h5-22,33H,1-4H3,(H,34,35). The number of hydrogen-bond acceptors (Lipinski definition) is 5. The number of rotatable bonds is 7. The SMILES string of the molecule is CC1(C)OB(c2ccnc(NC(c3ccccc3)(c3ccccc3)c3ccccc3)c2C=N)OC1(C)C. The van der Waals surface area contributed by atoms with Crippen molar-refractivity contribution in [2.45, 2.75) is 44.4 Å². The van der Waals surface area contributed by atoms with Crippen LogP contribution in [0.2, 0.25) is 0 Å². The van der Waals surface area contributed by atoms with Gasteiger partial charge < -0.3 is 20.0 Å². The summed E-state index contributed by atoms with van der Waals surface area (Å²) < 4.78 is 12.7. The highest BCUT2D eigenvalue weighted by Crippen LogP contribution is 2.41. The van der Waals surface area contributed by atoms with Gasteiger partial charge in [0.05, 0.1) is 11.2 Å². The summed E-state index contributed by atoms with van der Waals surface area (Å²) in [6.07, 6.45) is 3.09. The van der Waals surface area contributed by atoms with Crippen molar-refractivity contribution >= 4 is 24.6 Å². The Balaban J connectivity index is 1.71. The highest BCUT2D eigenvalue weighted by Gasteiger charge is 2.52. The Morgan fingerprint density at radius 3 is 1.57 bits per heavy atom. The van der Waals surface area contributed by atoms with E-state index in [4.69, 9.17) is 19.7 Å². The van der Waals surface area contributed by atoms with Crippen LogP contribution in [-0.4, -0.2) is 29.5 Å². The van der Waals surface area contributed by atoms with Crippen LogP contribution in [0.4, 0.5) is 5.82 Å². The molecule has 1 aromatic heterocycles. The summed E-state index contributed by atoms with van der Waals surface area (Å²) in [5.41, 5.74) is 2.85. The van der Waals surface area contributed by atoms with E-state index in [0.717, 1.165) is 22.2 Å². The predicted octanol–water partition coefficient (Wildman–Crippen LogP) is 5.78. The highest BCUT2D eigenvalue weighted by molar-refractivity contribution is 6.63. The van der Waals surface area contributed by atoms with Crippen molar-refractivity contribution in [3.05, 3.63) is 126 Å². The molecule has 4 aromatic rings. The maximum absolute atomic E-state index is 8.39. The molecule has 1 fully saturated rings. The number of pyridine rings is 1. The van der Waals surface area contributed by atoms with E-state index in [0.29, 0.717) is 11.4 Å². The second kappa shape index (κ2) is 9.62. The largest absolute Gasteiger partial charge is 0.495 e. The summed E-state index contributed by atoms with van der Waals surface area (Å²) in [6.45, 7) is 8.12. The number of anilines is 1. The zero-order chi connectivity index (χ0) is 26.1. The summed E-state index contributed by atoms with van der Waals surface area (Å²) in [5, 5.41) is 12.2. The third kappa shape index (κ3) is 4.37. The smallest absolute Gasteiger partial charge is 0.399 e. The van der Waals surface area contributed by atoms with E-state index in [9.17, 15) is 0 Å². The van der Waals surface area contributed by atoms with Gasteiger partial charge in [0.2, 0.25) is 0 Å². The van der Waals surface area contributed by atoms with Crippen molar-refractivity contribution in [1.29, 1.82) is 5.41 Å². The molecular formula is C31H32BN3O2. The first-order chi connectivity index (χ1) is 17.8. The van der Waals surface area contributed by atoms with Crippen molar-refractivity contribution in [2.75, 3.05) is 5.32 Å². The highest BCUT2D eigenvalue weighted by atomic mass is 16.7. The number of benzene rings is 3. The normalized spacial score (nSPS) is 16.4. The molecule has 0 spiro atoms. The van der Waals surface area contributed by atoms with Crippen LogP contribution in [0.1, 0.15) is 49.9 Å². The molecule has 1 saturated heterocycles. The molecule has 5 nitrogen and oxygen atoms in total. The van der Waals surface area contributed by atoms with E-state index in [-0.39, 0.29) is 0 Å². The molecule has 0 bridgehead atoms. The summed E-state index contributed by atoms with van der Waals surface area (Å²) >= 11 is 0. The number of aromatic nitrogens is 1. The van der Waals surface area contributed by atoms with Crippen molar-refractivity contribution in [3.63, 3.8) is 0 Å². The van der Waals surface area contributed by atoms with Gasteiger partial charge in [-0.2, -0.15) is 0 Å². The van der Waals surface area contributed by atoms with Crippen LogP contribution in [0.15, 0.2) is 103 Å². The monoisotopic (exact) mass is 489 g/mol. The molecule has 37 heavy (non-hydrogen) atoms. The van der Waals surface area contributed by atoms with Crippen LogP contribution in [0.25, 0.3) is 0 Å². The van der Waals surface area contributed by atoms with E-state index < -0.39 is 23.9 Å². The van der Waals surface area contributed by atoms with Crippen LogP contribution >= 0.6 is 0 Å². The summed E-state index contributed by atoms with van der Waals surface area (Å²) in [7, 11) is -0.607. The second-order valence-corrected chi connectivity index (χ2v) is 10.4. The maximum atomic E-state index is 8.39. The molecule has 0 aliphatic carbocycles. The molecule has 5 rings (SSSR count). The molecule has 1 aliphatic heterocycles. The van der Waals surface area contributed by atoms with E-state index in [1.807, 2.05) is 88.4 Å². The minimum absolute atomic E-state index is 0.490. The van der Waals surface area contributed by atoms with Crippen LogP contribution in [0, 0.1) is 5.41 Å². The van der Waals surface area contributed by atoms with Crippen LogP contribution in [0.3, 0.4) is 0 Å². The molecule has 3 aromatic carbocycles. The molecule has 0 saturated carbocycles. The van der Waals surface area contributed by atoms with Crippen molar-refractivity contribution < 1.29 is 9.31 Å². The fourth-order valence-corrected chi connectivity index (χ4v) is 4.87. The zero-order valence-corrected chi connectivity index (χ0v) is 21.7. The third-order valence-electron chi connectivity index (χ3n) is 7.60. The zero-order valence-electron chi connectivity index (χ0n) is 21.7. The Kier molecular flexibility index (Phi) is 6.48. The predicted molar refractivity (Wildman–Crippen MR) is 151 cm³/mol. The molecular weight excluding hydrogens is 457 g/mol. The summed E-state index contributed by atoms with van der Waals surface area (Å²) in [4.78, 5) is 4.74. The van der Waals surface area contributed by atoms with Gasteiger partial charge in [0.25, 0.3) is 0 Å². The Labute approximate surface area is 219 Å². The average molecular weight is 489 g/mol. The first-order valence-electron chi connectivity index (χ1n) is 12.6. The van der Waals surface area contributed by atoms with Gasteiger partial charge in [-0.25, -0.2) is 4.98 Å². The van der Waals surface area contributed by atoms with Gasteiger partial charge in [0, 0.05) is 18.0 Å². The molecule has 6 heteroatoms. The van der Waals surface area contributed by atoms with Crippen LogP contribution < -0.4 is 10.8 Å². The lowest BCUT2D eigenvalue weighted by molar-refractivity contribution is 0.00578. The lowest BCUT2D eigenvalue weighted by Gasteiger charge is -2.38. The Hall–Kier alpha value is -3.74. The topological polar surface area (TPSA) is 67.2 Å². The Morgan fingerprint density at radius 2 is 1.16 bits per heavy atom. The van der Waals surface area contributed by atoms with E-state index in [1.165, 1.54) is 6.21 Å². The minimum Gasteiger partial charge on any atom is -0.399 e. The first-order valence-corrected chi connectivity index (χ1v) is 12.6. The van der Waals surface area contributed by atoms with Gasteiger partial charge in [0.1, 0.15) is 11.4 Å². The number of nitrogens with zero attached hydrogens (tertiary/aromatic N) is 1. The molecule has 186 valence electrons. The fourth-order valence-electron chi connectivity index (χ4n) is 4.87. The number of nitrogens with one attached hydrogen (secondary N) is 2. The lowest BCUT2D eigenvalue weighted by atomic mass is 9.75. The van der Waals surface area contributed by atoms with Crippen molar-refractivity contribution in [3.8, 4) is 0 Å². The second-order valence-electron chi connectivity index (χ2n) is 10.4. The molecule has 0 radical (unpaired) electrons. The molecule has 1 aliphatic rings. The fraction of sp³-hybridized carbons (Fsp3) is 0.226. The molecule has 2 N–H and O–H groups in total. The molecule has 0 atom stereocenters. The summed E-state index contributed by atoms with van der Waals surface area (Å²) in [6, 6.07) is 32.9. The minimum atomic E-state index is -0.761. The molecule has 0 amide bonds. The average Bonchev–Trinajstić information content (AvgIpc) is 3.14. The molecule has 0 unspecified atom stereocenters. The van der Waals surface area contributed by atoms with Gasteiger partial charge in [-0.1, -0.05) is 91.0 Å². The van der Waals surface area contributed by atoms with Crippen LogP contribution in [-0.2, 0) is 14.8 Å². The van der Waals surface area contributed by atoms with Gasteiger partial charge in [0.15, 0.2) is 0 Å². The lowest BCUT2D eigenvalue weighted by Crippen LogP contribution is -2.41. The number of hydrogen-bond donors (Lipinski definition) is 2. The Bertz CT molecular complexity index is 1260. The van der Waals surface area contributed by atoms with Crippen molar-refractivity contribution in [1.82, 2.24) is 4.98 Å². The van der Waals surface area contributed by atoms with Crippen LogP contribution in [0.5, 0.6) is 0 Å². The van der Waals surface area contributed by atoms with Gasteiger partial charge >= 0.3 is 7.12 Å². The Morgan fingerprint density at radius 1 is 0.730 bits per heavy atom. The third-order valence-corrected chi connectivity index (χ3v) is 7.60.